The number of aromatic nitrogens is 1. The van der Waals surface area contributed by atoms with Gasteiger partial charge in [-0.1, -0.05) is 30.9 Å². The third-order valence-electron chi connectivity index (χ3n) is 2.61. The largest absolute Gasteiger partial charge is 0.305 e. The molecule has 0 aliphatic rings. The Morgan fingerprint density at radius 1 is 1.12 bits per heavy atom. The Bertz CT molecular complexity index is 477. The molecule has 0 fully saturated rings. The summed E-state index contributed by atoms with van der Waals surface area (Å²) in [6.07, 6.45) is 1.91. The summed E-state index contributed by atoms with van der Waals surface area (Å²) in [6, 6.07) is 15.5. The van der Waals surface area contributed by atoms with Crippen LogP contribution in [0.2, 0.25) is 19.6 Å². The Hall–Kier alpha value is -0.764. The van der Waals surface area contributed by atoms with Crippen LogP contribution in [0.4, 0.5) is 0 Å². The van der Waals surface area contributed by atoms with Crippen LogP contribution in [0.3, 0.4) is 0 Å². The number of hydrogen-bond acceptors (Lipinski definition) is 1. The minimum absolute atomic E-state index is 0. The molecule has 2 rings (SSSR count). The van der Waals surface area contributed by atoms with Crippen molar-refractivity contribution in [2.24, 2.45) is 0 Å². The quantitative estimate of drug-likeness (QED) is 0.540. The van der Waals surface area contributed by atoms with Gasteiger partial charge in [-0.25, -0.2) is 0 Å². The van der Waals surface area contributed by atoms with E-state index in [1.807, 2.05) is 24.4 Å². The van der Waals surface area contributed by atoms with Gasteiger partial charge in [-0.3, -0.25) is 0 Å². The molecule has 2 aromatic rings. The standard InChI is InChI=1S/C14H16NSi.Ir/c1-16(2,3)13-9-10-15-14(11-13)12-7-5-4-6-8-12;/h4-7,9-11H,1-3H3;/q-1;. The van der Waals surface area contributed by atoms with E-state index >= 15 is 0 Å². The Labute approximate surface area is 118 Å². The van der Waals surface area contributed by atoms with Crippen LogP contribution in [-0.2, 0) is 20.1 Å². The van der Waals surface area contributed by atoms with E-state index in [4.69, 9.17) is 0 Å². The predicted molar refractivity (Wildman–Crippen MR) is 71.5 cm³/mol. The minimum atomic E-state index is -1.25. The van der Waals surface area contributed by atoms with Gasteiger partial charge in [-0.15, -0.1) is 35.9 Å². The molecule has 1 aromatic heterocycles. The first-order valence-electron chi connectivity index (χ1n) is 5.51. The first-order valence-corrected chi connectivity index (χ1v) is 9.01. The van der Waals surface area contributed by atoms with Crippen molar-refractivity contribution in [3.63, 3.8) is 0 Å². The number of benzene rings is 1. The average molecular weight is 419 g/mol. The zero-order valence-electron chi connectivity index (χ0n) is 10.3. The fourth-order valence-corrected chi connectivity index (χ4v) is 2.74. The van der Waals surface area contributed by atoms with Gasteiger partial charge in [-0.2, -0.15) is 0 Å². The van der Waals surface area contributed by atoms with Gasteiger partial charge in [0.05, 0.1) is 8.07 Å². The van der Waals surface area contributed by atoms with Gasteiger partial charge in [0.15, 0.2) is 0 Å². The first-order chi connectivity index (χ1) is 7.57. The molecule has 3 heteroatoms. The molecule has 91 valence electrons. The molecule has 0 N–H and O–H groups in total. The third kappa shape index (κ3) is 3.60. The van der Waals surface area contributed by atoms with Crippen molar-refractivity contribution >= 4 is 13.3 Å². The van der Waals surface area contributed by atoms with Crippen LogP contribution in [0, 0.1) is 6.07 Å². The minimum Gasteiger partial charge on any atom is -0.305 e. The smallest absolute Gasteiger partial charge is 0.0767 e. The fraction of sp³-hybridized carbons (Fsp3) is 0.214. The molecule has 0 amide bonds. The molecule has 0 saturated heterocycles. The van der Waals surface area contributed by atoms with Crippen LogP contribution in [0.1, 0.15) is 0 Å². The maximum atomic E-state index is 4.41. The van der Waals surface area contributed by atoms with Crippen LogP contribution < -0.4 is 5.19 Å². The molecule has 0 bridgehead atoms. The van der Waals surface area contributed by atoms with Crippen molar-refractivity contribution in [1.82, 2.24) is 4.98 Å². The maximum absolute atomic E-state index is 4.41. The first kappa shape index (κ1) is 14.3. The maximum Gasteiger partial charge on any atom is 0.0767 e. The second-order valence-electron chi connectivity index (χ2n) is 4.96. The fourth-order valence-electron chi connectivity index (χ4n) is 1.60. The summed E-state index contributed by atoms with van der Waals surface area (Å²) in [5.41, 5.74) is 2.10. The van der Waals surface area contributed by atoms with E-state index in [-0.39, 0.29) is 20.1 Å². The molecule has 0 unspecified atom stereocenters. The molecule has 1 aromatic carbocycles. The van der Waals surface area contributed by atoms with Crippen LogP contribution in [-0.4, -0.2) is 13.1 Å². The number of hydrogen-bond donors (Lipinski definition) is 0. The molecule has 0 atom stereocenters. The Balaban J connectivity index is 0.00000144. The summed E-state index contributed by atoms with van der Waals surface area (Å²) in [6.45, 7) is 7.04. The van der Waals surface area contributed by atoms with Crippen molar-refractivity contribution < 1.29 is 20.1 Å². The number of pyridine rings is 1. The second-order valence-corrected chi connectivity index (χ2v) is 10.0. The zero-order chi connectivity index (χ0) is 11.6. The molecule has 1 heterocycles. The van der Waals surface area contributed by atoms with Gasteiger partial charge in [0.2, 0.25) is 0 Å². The van der Waals surface area contributed by atoms with Crippen LogP contribution in [0.25, 0.3) is 11.3 Å². The second kappa shape index (κ2) is 5.72. The number of nitrogens with zero attached hydrogens (tertiary/aromatic N) is 1. The monoisotopic (exact) mass is 419 g/mol. The van der Waals surface area contributed by atoms with Crippen molar-refractivity contribution in [3.8, 4) is 11.3 Å². The van der Waals surface area contributed by atoms with Crippen molar-refractivity contribution in [3.05, 3.63) is 48.7 Å². The van der Waals surface area contributed by atoms with Crippen molar-refractivity contribution in [1.29, 1.82) is 0 Å². The molecule has 0 saturated carbocycles. The molecular weight excluding hydrogens is 402 g/mol. The molecule has 0 aliphatic carbocycles. The summed E-state index contributed by atoms with van der Waals surface area (Å²) in [7, 11) is -1.25. The average Bonchev–Trinajstić information content (AvgIpc) is 2.29. The van der Waals surface area contributed by atoms with Crippen molar-refractivity contribution in [2.75, 3.05) is 0 Å². The van der Waals surface area contributed by atoms with E-state index < -0.39 is 8.07 Å². The Kier molecular flexibility index (Phi) is 4.81. The number of rotatable bonds is 2. The Morgan fingerprint density at radius 2 is 1.88 bits per heavy atom. The van der Waals surface area contributed by atoms with E-state index in [1.165, 1.54) is 5.19 Å². The summed E-state index contributed by atoms with van der Waals surface area (Å²) in [5.74, 6) is 0. The molecule has 1 nitrogen and oxygen atoms in total. The third-order valence-corrected chi connectivity index (χ3v) is 4.65. The van der Waals surface area contributed by atoms with E-state index in [0.717, 1.165) is 11.3 Å². The molecule has 0 spiro atoms. The molecule has 0 aliphatic heterocycles. The van der Waals surface area contributed by atoms with Gasteiger partial charge in [0.1, 0.15) is 0 Å². The van der Waals surface area contributed by atoms with E-state index in [2.05, 4.69) is 48.9 Å². The normalized spacial score (nSPS) is 10.8. The van der Waals surface area contributed by atoms with Gasteiger partial charge in [-0.05, 0) is 11.8 Å². The van der Waals surface area contributed by atoms with Crippen LogP contribution >= 0.6 is 0 Å². The summed E-state index contributed by atoms with van der Waals surface area (Å²) >= 11 is 0. The SMILES string of the molecule is C[Si](C)(C)c1ccnc(-c2[c-]cccc2)c1.[Ir]. The van der Waals surface area contributed by atoms with Gasteiger partial charge >= 0.3 is 0 Å². The van der Waals surface area contributed by atoms with Crippen LogP contribution in [0.5, 0.6) is 0 Å². The summed E-state index contributed by atoms with van der Waals surface area (Å²) < 4.78 is 0. The van der Waals surface area contributed by atoms with Gasteiger partial charge in [0.25, 0.3) is 0 Å². The van der Waals surface area contributed by atoms with Crippen molar-refractivity contribution in [2.45, 2.75) is 19.6 Å². The molecular formula is C14H16IrNSi-. The Morgan fingerprint density at radius 3 is 2.47 bits per heavy atom. The van der Waals surface area contributed by atoms with Gasteiger partial charge < -0.3 is 4.98 Å². The summed E-state index contributed by atoms with van der Waals surface area (Å²) in [5, 5.41) is 1.44. The predicted octanol–water partition coefficient (Wildman–Crippen LogP) is 3.09. The van der Waals surface area contributed by atoms with E-state index in [1.54, 1.807) is 0 Å². The zero-order valence-corrected chi connectivity index (χ0v) is 13.7. The molecule has 17 heavy (non-hydrogen) atoms. The topological polar surface area (TPSA) is 12.9 Å². The van der Waals surface area contributed by atoms with E-state index in [0.29, 0.717) is 0 Å². The van der Waals surface area contributed by atoms with Crippen LogP contribution in [0.15, 0.2) is 42.6 Å². The van der Waals surface area contributed by atoms with E-state index in [9.17, 15) is 0 Å². The molecule has 1 radical (unpaired) electrons. The summed E-state index contributed by atoms with van der Waals surface area (Å²) in [4.78, 5) is 4.41. The van der Waals surface area contributed by atoms with Gasteiger partial charge in [0, 0.05) is 26.3 Å².